The maximum absolute atomic E-state index is 14.3. The molecule has 13 heteroatoms. The van der Waals surface area contributed by atoms with Gasteiger partial charge in [0, 0.05) is 13.6 Å². The molecule has 1 aliphatic rings. The third kappa shape index (κ3) is 3.82. The van der Waals surface area contributed by atoms with Crippen LogP contribution in [-0.4, -0.2) is 36.6 Å². The van der Waals surface area contributed by atoms with E-state index in [1.807, 2.05) is 0 Å². The summed E-state index contributed by atoms with van der Waals surface area (Å²) >= 11 is 5.52. The van der Waals surface area contributed by atoms with Gasteiger partial charge in [-0.1, -0.05) is 11.6 Å². The first-order valence-electron chi connectivity index (χ1n) is 8.24. The number of halogens is 6. The lowest BCUT2D eigenvalue weighted by atomic mass is 10.2. The summed E-state index contributed by atoms with van der Waals surface area (Å²) in [7, 11) is 1.14. The molecular weight excluding hydrogens is 437 g/mol. The Labute approximate surface area is 171 Å². The molecule has 0 bridgehead atoms. The predicted octanol–water partition coefficient (Wildman–Crippen LogP) is 3.18. The van der Waals surface area contributed by atoms with Crippen LogP contribution < -0.4 is 20.9 Å². The van der Waals surface area contributed by atoms with Crippen molar-refractivity contribution >= 4 is 40.9 Å². The highest BCUT2D eigenvalue weighted by Crippen LogP contribution is 2.34. The lowest BCUT2D eigenvalue weighted by Crippen LogP contribution is -2.47. The van der Waals surface area contributed by atoms with Crippen LogP contribution in [0, 0.1) is 11.6 Å². The molecule has 30 heavy (non-hydrogen) atoms. The van der Waals surface area contributed by atoms with Gasteiger partial charge < -0.3 is 16.0 Å². The van der Waals surface area contributed by atoms with Gasteiger partial charge in [-0.3, -0.25) is 9.69 Å². The molecular formula is C17H13ClF5N5O2. The van der Waals surface area contributed by atoms with Gasteiger partial charge in [0.05, 0.1) is 11.3 Å². The average Bonchev–Trinajstić information content (AvgIpc) is 3.05. The summed E-state index contributed by atoms with van der Waals surface area (Å²) in [4.78, 5) is 30.3. The second-order valence-electron chi connectivity index (χ2n) is 6.30. The third-order valence-corrected chi connectivity index (χ3v) is 4.72. The highest BCUT2D eigenvalue weighted by molar-refractivity contribution is 6.31. The molecule has 1 aromatic heterocycles. The van der Waals surface area contributed by atoms with E-state index in [1.54, 1.807) is 0 Å². The molecule has 7 nitrogen and oxygen atoms in total. The molecule has 1 unspecified atom stereocenters. The Morgan fingerprint density at radius 2 is 2.00 bits per heavy atom. The summed E-state index contributed by atoms with van der Waals surface area (Å²) in [5, 5.41) is 1.48. The number of nitrogen functional groups attached to an aromatic ring is 1. The predicted molar refractivity (Wildman–Crippen MR) is 98.1 cm³/mol. The highest BCUT2D eigenvalue weighted by atomic mass is 35.5. The smallest absolute Gasteiger partial charge is 0.384 e. The summed E-state index contributed by atoms with van der Waals surface area (Å²) in [6.45, 7) is -0.295. The van der Waals surface area contributed by atoms with Crippen molar-refractivity contribution in [2.45, 2.75) is 12.2 Å². The van der Waals surface area contributed by atoms with Crippen molar-refractivity contribution < 1.29 is 31.5 Å². The standard InChI is InChI=1S/C17H13ClF5N5O2/c1-27(9-3-2-8(19)13(18)14(9)20)15(29)10-6-25-16(30)28(10)12-5-7(17(21,22)23)4-11(24)26-12/h2-5,10H,6H2,1H3,(H2,24,26)(H,25,30). The molecule has 2 aromatic rings. The molecule has 3 N–H and O–H groups in total. The Kier molecular flexibility index (Phi) is 5.46. The number of benzene rings is 1. The molecule has 3 amide bonds. The molecule has 1 aromatic carbocycles. The van der Waals surface area contributed by atoms with Crippen molar-refractivity contribution in [3.05, 3.63) is 46.5 Å². The number of likely N-dealkylation sites (N-methyl/N-ethyl adjacent to an activating group) is 1. The fraction of sp³-hybridized carbons (Fsp3) is 0.235. The van der Waals surface area contributed by atoms with Gasteiger partial charge in [-0.25, -0.2) is 18.6 Å². The van der Waals surface area contributed by atoms with Crippen molar-refractivity contribution in [2.24, 2.45) is 0 Å². The number of urea groups is 1. The molecule has 1 atom stereocenters. The van der Waals surface area contributed by atoms with Gasteiger partial charge in [0.15, 0.2) is 5.82 Å². The first-order chi connectivity index (χ1) is 13.9. The number of anilines is 3. The fourth-order valence-corrected chi connectivity index (χ4v) is 3.06. The van der Waals surface area contributed by atoms with Crippen LogP contribution in [0.5, 0.6) is 0 Å². The van der Waals surface area contributed by atoms with E-state index in [1.165, 1.54) is 0 Å². The quantitative estimate of drug-likeness (QED) is 0.556. The van der Waals surface area contributed by atoms with Gasteiger partial charge in [0.1, 0.15) is 28.5 Å². The lowest BCUT2D eigenvalue weighted by molar-refractivity contribution is -0.137. The number of hydrogen-bond acceptors (Lipinski definition) is 4. The van der Waals surface area contributed by atoms with Gasteiger partial charge >= 0.3 is 12.2 Å². The number of aromatic nitrogens is 1. The maximum atomic E-state index is 14.3. The minimum absolute atomic E-state index is 0.295. The number of pyridine rings is 1. The fourth-order valence-electron chi connectivity index (χ4n) is 2.90. The van der Waals surface area contributed by atoms with E-state index in [-0.39, 0.29) is 12.2 Å². The molecule has 160 valence electrons. The van der Waals surface area contributed by atoms with E-state index in [0.717, 1.165) is 24.1 Å². The number of nitrogens with one attached hydrogen (secondary N) is 1. The van der Waals surface area contributed by atoms with E-state index >= 15 is 0 Å². The first kappa shape index (κ1) is 21.6. The normalized spacial score (nSPS) is 16.6. The molecule has 1 aliphatic heterocycles. The summed E-state index contributed by atoms with van der Waals surface area (Å²) in [5.74, 6) is -4.16. The Morgan fingerprint density at radius 3 is 2.63 bits per heavy atom. The number of nitrogens with zero attached hydrogens (tertiary/aromatic N) is 3. The van der Waals surface area contributed by atoms with E-state index < -0.39 is 58.0 Å². The number of rotatable bonds is 3. The van der Waals surface area contributed by atoms with Crippen LogP contribution in [0.4, 0.5) is 44.1 Å². The Bertz CT molecular complexity index is 1030. The molecule has 0 aliphatic carbocycles. The molecule has 0 spiro atoms. The number of nitrogens with two attached hydrogens (primary N) is 1. The van der Waals surface area contributed by atoms with E-state index in [2.05, 4.69) is 10.3 Å². The van der Waals surface area contributed by atoms with Crippen LogP contribution in [-0.2, 0) is 11.0 Å². The average molecular weight is 450 g/mol. The Hall–Kier alpha value is -3.15. The van der Waals surface area contributed by atoms with Gasteiger partial charge in [0.25, 0.3) is 5.91 Å². The monoisotopic (exact) mass is 449 g/mol. The first-order valence-corrected chi connectivity index (χ1v) is 8.62. The zero-order chi connectivity index (χ0) is 22.4. The van der Waals surface area contributed by atoms with Crippen molar-refractivity contribution in [1.82, 2.24) is 10.3 Å². The number of hydrogen-bond donors (Lipinski definition) is 2. The number of carbonyl (C=O) groups excluding carboxylic acids is 2. The van der Waals surface area contributed by atoms with Crippen molar-refractivity contribution in [3.8, 4) is 0 Å². The van der Waals surface area contributed by atoms with E-state index in [9.17, 15) is 31.5 Å². The number of amides is 3. The molecule has 3 rings (SSSR count). The topological polar surface area (TPSA) is 91.6 Å². The van der Waals surface area contributed by atoms with Gasteiger partial charge in [-0.05, 0) is 24.3 Å². The van der Waals surface area contributed by atoms with E-state index in [0.29, 0.717) is 17.0 Å². The van der Waals surface area contributed by atoms with Crippen LogP contribution in [0.25, 0.3) is 0 Å². The third-order valence-electron chi connectivity index (χ3n) is 4.37. The molecule has 0 saturated carbocycles. The van der Waals surface area contributed by atoms with Crippen molar-refractivity contribution in [2.75, 3.05) is 29.1 Å². The minimum atomic E-state index is -4.77. The second-order valence-corrected chi connectivity index (χ2v) is 6.68. The summed E-state index contributed by atoms with van der Waals surface area (Å²) in [5.41, 5.74) is 3.87. The van der Waals surface area contributed by atoms with Crippen LogP contribution in [0.2, 0.25) is 5.02 Å². The highest BCUT2D eigenvalue weighted by Gasteiger charge is 2.41. The zero-order valence-corrected chi connectivity index (χ0v) is 15.9. The van der Waals surface area contributed by atoms with Gasteiger partial charge in [0.2, 0.25) is 0 Å². The molecule has 2 heterocycles. The van der Waals surface area contributed by atoms with Crippen molar-refractivity contribution in [1.29, 1.82) is 0 Å². The summed E-state index contributed by atoms with van der Waals surface area (Å²) in [6, 6.07) is 0.679. The SMILES string of the molecule is CN(C(=O)C1CNC(=O)N1c1cc(C(F)(F)F)cc(N)n1)c1ccc(F)c(Cl)c1F. The Morgan fingerprint density at radius 1 is 1.33 bits per heavy atom. The summed E-state index contributed by atoms with van der Waals surface area (Å²) < 4.78 is 66.9. The molecule has 1 saturated heterocycles. The number of carbonyl (C=O) groups is 2. The lowest BCUT2D eigenvalue weighted by Gasteiger charge is -2.27. The molecule has 0 radical (unpaired) electrons. The number of alkyl halides is 3. The van der Waals surface area contributed by atoms with Crippen LogP contribution in [0.1, 0.15) is 5.56 Å². The largest absolute Gasteiger partial charge is 0.416 e. The van der Waals surface area contributed by atoms with E-state index in [4.69, 9.17) is 17.3 Å². The van der Waals surface area contributed by atoms with Gasteiger partial charge in [-0.2, -0.15) is 13.2 Å². The van der Waals surface area contributed by atoms with Crippen LogP contribution >= 0.6 is 11.6 Å². The Balaban J connectivity index is 1.98. The second kappa shape index (κ2) is 7.59. The minimum Gasteiger partial charge on any atom is -0.384 e. The summed E-state index contributed by atoms with van der Waals surface area (Å²) in [6.07, 6.45) is -4.77. The van der Waals surface area contributed by atoms with Crippen molar-refractivity contribution in [3.63, 3.8) is 0 Å². The maximum Gasteiger partial charge on any atom is 0.416 e. The van der Waals surface area contributed by atoms with Crippen LogP contribution in [0.3, 0.4) is 0 Å². The van der Waals surface area contributed by atoms with Gasteiger partial charge in [-0.15, -0.1) is 0 Å². The van der Waals surface area contributed by atoms with Crippen LogP contribution in [0.15, 0.2) is 24.3 Å². The molecule has 1 fully saturated rings. The zero-order valence-electron chi connectivity index (χ0n) is 15.1.